The Morgan fingerprint density at radius 2 is 2.23 bits per heavy atom. The quantitative estimate of drug-likeness (QED) is 0.569. The molecule has 0 bridgehead atoms. The Bertz CT molecular complexity index is 400. The lowest BCUT2D eigenvalue weighted by Crippen LogP contribution is -2.29. The van der Waals surface area contributed by atoms with Crippen LogP contribution in [0.25, 0.3) is 0 Å². The van der Waals surface area contributed by atoms with Crippen LogP contribution in [0.3, 0.4) is 0 Å². The molecule has 0 saturated heterocycles. The SMILES string of the molecule is Nc1nc2n(c(=O)c1N)CCCS2. The summed E-state index contributed by atoms with van der Waals surface area (Å²) in [4.78, 5) is 15.6. The second-order valence-corrected chi connectivity index (χ2v) is 3.91. The molecule has 5 nitrogen and oxygen atoms in total. The molecule has 1 aliphatic rings. The molecule has 4 N–H and O–H groups in total. The first-order valence-corrected chi connectivity index (χ1v) is 4.97. The van der Waals surface area contributed by atoms with E-state index in [9.17, 15) is 4.79 Å². The lowest BCUT2D eigenvalue weighted by atomic mass is 10.4. The van der Waals surface area contributed by atoms with Crippen LogP contribution in [0.15, 0.2) is 9.95 Å². The molecule has 0 amide bonds. The van der Waals surface area contributed by atoms with Gasteiger partial charge in [0, 0.05) is 12.3 Å². The van der Waals surface area contributed by atoms with E-state index in [4.69, 9.17) is 11.5 Å². The number of nitrogens with zero attached hydrogens (tertiary/aromatic N) is 2. The van der Waals surface area contributed by atoms with Gasteiger partial charge in [0.1, 0.15) is 5.69 Å². The lowest BCUT2D eigenvalue weighted by molar-refractivity contribution is 0.567. The third-order valence-electron chi connectivity index (χ3n) is 1.96. The Balaban J connectivity index is 2.68. The highest BCUT2D eigenvalue weighted by Gasteiger charge is 2.15. The van der Waals surface area contributed by atoms with Gasteiger partial charge < -0.3 is 11.5 Å². The zero-order valence-corrected chi connectivity index (χ0v) is 7.80. The standard InChI is InChI=1S/C7H10N4OS/c8-4-5(9)10-7-11(6(4)12)2-1-3-13-7/h1-3,8-9H2. The zero-order chi connectivity index (χ0) is 9.42. The molecule has 13 heavy (non-hydrogen) atoms. The average Bonchev–Trinajstić information content (AvgIpc) is 2.15. The summed E-state index contributed by atoms with van der Waals surface area (Å²) in [7, 11) is 0. The molecule has 0 spiro atoms. The molecular formula is C7H10N4OS. The largest absolute Gasteiger partial charge is 0.391 e. The highest BCUT2D eigenvalue weighted by molar-refractivity contribution is 7.99. The topological polar surface area (TPSA) is 86.9 Å². The van der Waals surface area contributed by atoms with Crippen molar-refractivity contribution in [2.75, 3.05) is 17.2 Å². The van der Waals surface area contributed by atoms with Gasteiger partial charge in [0.25, 0.3) is 5.56 Å². The highest BCUT2D eigenvalue weighted by atomic mass is 32.2. The first-order chi connectivity index (χ1) is 6.20. The van der Waals surface area contributed by atoms with Crippen molar-refractivity contribution in [3.05, 3.63) is 10.4 Å². The number of fused-ring (bicyclic) bond motifs is 1. The fourth-order valence-electron chi connectivity index (χ4n) is 1.26. The van der Waals surface area contributed by atoms with Crippen molar-refractivity contribution in [1.82, 2.24) is 9.55 Å². The predicted molar refractivity (Wildman–Crippen MR) is 52.7 cm³/mol. The Hall–Kier alpha value is -1.17. The predicted octanol–water partition coefficient (Wildman–Crippen LogP) is -0.0965. The number of aromatic nitrogens is 2. The number of rotatable bonds is 0. The van der Waals surface area contributed by atoms with E-state index in [1.165, 1.54) is 0 Å². The molecule has 0 aromatic carbocycles. The normalized spacial score (nSPS) is 15.4. The van der Waals surface area contributed by atoms with Crippen LogP contribution in [0.4, 0.5) is 11.5 Å². The second kappa shape index (κ2) is 2.95. The Labute approximate surface area is 79.1 Å². The molecule has 6 heteroatoms. The van der Waals surface area contributed by atoms with Crippen molar-refractivity contribution < 1.29 is 0 Å². The number of nitrogen functional groups attached to an aromatic ring is 2. The van der Waals surface area contributed by atoms with Crippen LogP contribution in [-0.2, 0) is 6.54 Å². The Morgan fingerprint density at radius 3 is 3.00 bits per heavy atom. The molecule has 1 aliphatic heterocycles. The molecule has 1 aromatic heterocycles. The maximum atomic E-state index is 11.5. The van der Waals surface area contributed by atoms with Crippen molar-refractivity contribution in [1.29, 1.82) is 0 Å². The van der Waals surface area contributed by atoms with E-state index in [1.54, 1.807) is 16.3 Å². The second-order valence-electron chi connectivity index (χ2n) is 2.85. The molecule has 0 saturated carbocycles. The molecule has 1 aromatic rings. The van der Waals surface area contributed by atoms with E-state index in [2.05, 4.69) is 4.98 Å². The summed E-state index contributed by atoms with van der Waals surface area (Å²) >= 11 is 1.54. The van der Waals surface area contributed by atoms with Gasteiger partial charge in [-0.1, -0.05) is 11.8 Å². The van der Waals surface area contributed by atoms with Gasteiger partial charge in [-0.2, -0.15) is 0 Å². The molecule has 0 fully saturated rings. The van der Waals surface area contributed by atoms with E-state index in [1.807, 2.05) is 0 Å². The summed E-state index contributed by atoms with van der Waals surface area (Å²) in [5, 5.41) is 0.683. The van der Waals surface area contributed by atoms with Gasteiger partial charge in [-0.25, -0.2) is 4.98 Å². The lowest BCUT2D eigenvalue weighted by Gasteiger charge is -2.17. The number of anilines is 2. The molecule has 0 radical (unpaired) electrons. The van der Waals surface area contributed by atoms with Crippen LogP contribution in [0.2, 0.25) is 0 Å². The first-order valence-electron chi connectivity index (χ1n) is 3.98. The number of nitrogens with two attached hydrogens (primary N) is 2. The van der Waals surface area contributed by atoms with Crippen LogP contribution in [-0.4, -0.2) is 15.3 Å². The monoisotopic (exact) mass is 198 g/mol. The minimum absolute atomic E-state index is 0.0613. The smallest absolute Gasteiger partial charge is 0.279 e. The van der Waals surface area contributed by atoms with Gasteiger partial charge in [-0.05, 0) is 6.42 Å². The maximum Gasteiger partial charge on any atom is 0.279 e. The van der Waals surface area contributed by atoms with Crippen molar-refractivity contribution in [2.24, 2.45) is 0 Å². The Kier molecular flexibility index (Phi) is 1.91. The maximum absolute atomic E-state index is 11.5. The minimum Gasteiger partial charge on any atom is -0.391 e. The number of thioether (sulfide) groups is 1. The summed E-state index contributed by atoms with van der Waals surface area (Å²) in [6, 6.07) is 0. The van der Waals surface area contributed by atoms with Gasteiger partial charge in [-0.15, -0.1) is 0 Å². The van der Waals surface area contributed by atoms with Gasteiger partial charge >= 0.3 is 0 Å². The summed E-state index contributed by atoms with van der Waals surface area (Å²) in [5.74, 6) is 1.13. The molecule has 70 valence electrons. The van der Waals surface area contributed by atoms with Crippen LogP contribution in [0.1, 0.15) is 6.42 Å². The third-order valence-corrected chi connectivity index (χ3v) is 3.02. The van der Waals surface area contributed by atoms with E-state index in [-0.39, 0.29) is 17.1 Å². The summed E-state index contributed by atoms with van der Waals surface area (Å²) in [6.45, 7) is 0.693. The van der Waals surface area contributed by atoms with Crippen molar-refractivity contribution in [3.8, 4) is 0 Å². The zero-order valence-electron chi connectivity index (χ0n) is 6.99. The van der Waals surface area contributed by atoms with Gasteiger partial charge in [0.05, 0.1) is 0 Å². The molecule has 0 aliphatic carbocycles. The molecule has 2 heterocycles. The van der Waals surface area contributed by atoms with E-state index in [0.29, 0.717) is 11.7 Å². The third kappa shape index (κ3) is 1.27. The van der Waals surface area contributed by atoms with Crippen LogP contribution in [0.5, 0.6) is 0 Å². The fraction of sp³-hybridized carbons (Fsp3) is 0.429. The summed E-state index contributed by atoms with van der Waals surface area (Å²) in [6.07, 6.45) is 0.975. The Morgan fingerprint density at radius 1 is 1.46 bits per heavy atom. The number of hydrogen-bond acceptors (Lipinski definition) is 5. The van der Waals surface area contributed by atoms with E-state index in [0.717, 1.165) is 12.2 Å². The van der Waals surface area contributed by atoms with E-state index >= 15 is 0 Å². The molecular weight excluding hydrogens is 188 g/mol. The van der Waals surface area contributed by atoms with Crippen LogP contribution in [0, 0.1) is 0 Å². The average molecular weight is 198 g/mol. The van der Waals surface area contributed by atoms with Gasteiger partial charge in [0.15, 0.2) is 11.0 Å². The molecule has 2 rings (SSSR count). The molecule has 0 unspecified atom stereocenters. The van der Waals surface area contributed by atoms with E-state index < -0.39 is 0 Å². The van der Waals surface area contributed by atoms with Gasteiger partial charge in [-0.3, -0.25) is 9.36 Å². The van der Waals surface area contributed by atoms with Crippen molar-refractivity contribution in [2.45, 2.75) is 18.1 Å². The van der Waals surface area contributed by atoms with Crippen molar-refractivity contribution >= 4 is 23.3 Å². The fourth-order valence-corrected chi connectivity index (χ4v) is 2.21. The summed E-state index contributed by atoms with van der Waals surface area (Å²) < 4.78 is 1.58. The first kappa shape index (κ1) is 8.43. The molecule has 0 atom stereocenters. The van der Waals surface area contributed by atoms with Crippen molar-refractivity contribution in [3.63, 3.8) is 0 Å². The number of hydrogen-bond donors (Lipinski definition) is 2. The van der Waals surface area contributed by atoms with Crippen LogP contribution >= 0.6 is 11.8 Å². The van der Waals surface area contributed by atoms with Crippen LogP contribution < -0.4 is 17.0 Å². The highest BCUT2D eigenvalue weighted by Crippen LogP contribution is 2.22. The van der Waals surface area contributed by atoms with Gasteiger partial charge in [0.2, 0.25) is 0 Å². The summed E-state index contributed by atoms with van der Waals surface area (Å²) in [5.41, 5.74) is 10.8. The minimum atomic E-state index is -0.213.